The zero-order valence-corrected chi connectivity index (χ0v) is 11.7. The SMILES string of the molecule is c1coc(-c2cc(COc3cccc4ccccc34)no2)c1. The molecule has 22 heavy (non-hydrogen) atoms. The molecule has 0 atom stereocenters. The number of fused-ring (bicyclic) bond motifs is 1. The molecule has 108 valence electrons. The fourth-order valence-corrected chi connectivity index (χ4v) is 2.39. The Morgan fingerprint density at radius 3 is 2.73 bits per heavy atom. The molecule has 4 nitrogen and oxygen atoms in total. The van der Waals surface area contributed by atoms with Crippen LogP contribution in [0.2, 0.25) is 0 Å². The van der Waals surface area contributed by atoms with Crippen molar-refractivity contribution < 1.29 is 13.7 Å². The summed E-state index contributed by atoms with van der Waals surface area (Å²) in [5.41, 5.74) is 0.722. The van der Waals surface area contributed by atoms with Crippen LogP contribution >= 0.6 is 0 Å². The third kappa shape index (κ3) is 2.35. The van der Waals surface area contributed by atoms with Crippen LogP contribution in [0.5, 0.6) is 5.75 Å². The Bertz CT molecular complexity index is 888. The summed E-state index contributed by atoms with van der Waals surface area (Å²) >= 11 is 0. The van der Waals surface area contributed by atoms with Gasteiger partial charge in [-0.2, -0.15) is 0 Å². The lowest BCUT2D eigenvalue weighted by molar-refractivity contribution is 0.293. The zero-order chi connectivity index (χ0) is 14.8. The van der Waals surface area contributed by atoms with Gasteiger partial charge in [0.25, 0.3) is 0 Å². The van der Waals surface area contributed by atoms with Crippen LogP contribution in [0.1, 0.15) is 5.69 Å². The van der Waals surface area contributed by atoms with Gasteiger partial charge in [0.05, 0.1) is 6.26 Å². The van der Waals surface area contributed by atoms with E-state index in [1.165, 1.54) is 0 Å². The molecule has 2 aromatic heterocycles. The second-order valence-corrected chi connectivity index (χ2v) is 4.93. The molecule has 0 spiro atoms. The first kappa shape index (κ1) is 12.7. The van der Waals surface area contributed by atoms with Gasteiger partial charge < -0.3 is 13.7 Å². The molecule has 4 heteroatoms. The molecule has 0 aliphatic rings. The van der Waals surface area contributed by atoms with Crippen LogP contribution in [0.15, 0.2) is 75.9 Å². The molecule has 0 saturated heterocycles. The van der Waals surface area contributed by atoms with Crippen LogP contribution < -0.4 is 4.74 Å². The lowest BCUT2D eigenvalue weighted by Crippen LogP contribution is -1.95. The molecule has 4 rings (SSSR count). The maximum atomic E-state index is 5.88. The first-order chi connectivity index (χ1) is 10.9. The van der Waals surface area contributed by atoms with E-state index in [9.17, 15) is 0 Å². The molecule has 2 aromatic carbocycles. The topological polar surface area (TPSA) is 48.4 Å². The Hall–Kier alpha value is -3.01. The fourth-order valence-electron chi connectivity index (χ4n) is 2.39. The minimum atomic E-state index is 0.345. The summed E-state index contributed by atoms with van der Waals surface area (Å²) in [5, 5.41) is 6.24. The highest BCUT2D eigenvalue weighted by atomic mass is 16.5. The van der Waals surface area contributed by atoms with Crippen molar-refractivity contribution in [1.29, 1.82) is 0 Å². The maximum absolute atomic E-state index is 5.88. The molecule has 0 aliphatic carbocycles. The second kappa shape index (κ2) is 5.41. The molecule has 0 fully saturated rings. The smallest absolute Gasteiger partial charge is 0.202 e. The van der Waals surface area contributed by atoms with E-state index < -0.39 is 0 Å². The normalized spacial score (nSPS) is 10.9. The Morgan fingerprint density at radius 2 is 1.82 bits per heavy atom. The largest absolute Gasteiger partial charge is 0.487 e. The number of nitrogens with zero attached hydrogens (tertiary/aromatic N) is 1. The van der Waals surface area contributed by atoms with Crippen molar-refractivity contribution in [3.05, 3.63) is 72.6 Å². The van der Waals surface area contributed by atoms with Crippen molar-refractivity contribution >= 4 is 10.8 Å². The summed E-state index contributed by atoms with van der Waals surface area (Å²) in [4.78, 5) is 0. The predicted octanol–water partition coefficient (Wildman–Crippen LogP) is 4.67. The molecule has 0 radical (unpaired) electrons. The Labute approximate surface area is 126 Å². The third-order valence-corrected chi connectivity index (χ3v) is 3.45. The Kier molecular flexibility index (Phi) is 3.12. The van der Waals surface area contributed by atoms with Gasteiger partial charge in [-0.15, -0.1) is 0 Å². The van der Waals surface area contributed by atoms with Gasteiger partial charge in [0, 0.05) is 11.5 Å². The van der Waals surface area contributed by atoms with Crippen LogP contribution in [-0.2, 0) is 6.61 Å². The van der Waals surface area contributed by atoms with E-state index in [1.54, 1.807) is 6.26 Å². The van der Waals surface area contributed by atoms with Crippen molar-refractivity contribution in [3.8, 4) is 17.3 Å². The Morgan fingerprint density at radius 1 is 0.909 bits per heavy atom. The summed E-state index contributed by atoms with van der Waals surface area (Å²) in [6.45, 7) is 0.345. The van der Waals surface area contributed by atoms with Crippen LogP contribution in [0.4, 0.5) is 0 Å². The van der Waals surface area contributed by atoms with Crippen molar-refractivity contribution in [2.45, 2.75) is 6.61 Å². The molecule has 0 aliphatic heterocycles. The minimum absolute atomic E-state index is 0.345. The summed E-state index contributed by atoms with van der Waals surface area (Å²) in [7, 11) is 0. The molecule has 4 aromatic rings. The fraction of sp³-hybridized carbons (Fsp3) is 0.0556. The van der Waals surface area contributed by atoms with Crippen molar-refractivity contribution in [2.75, 3.05) is 0 Å². The lowest BCUT2D eigenvalue weighted by Gasteiger charge is -2.07. The summed E-state index contributed by atoms with van der Waals surface area (Å²) in [6.07, 6.45) is 1.60. The van der Waals surface area contributed by atoms with Crippen LogP contribution in [-0.4, -0.2) is 5.16 Å². The van der Waals surface area contributed by atoms with Crippen molar-refractivity contribution in [1.82, 2.24) is 5.16 Å². The van der Waals surface area contributed by atoms with Crippen LogP contribution in [0.25, 0.3) is 22.3 Å². The first-order valence-electron chi connectivity index (χ1n) is 7.00. The molecule has 0 N–H and O–H groups in total. The van der Waals surface area contributed by atoms with E-state index >= 15 is 0 Å². The van der Waals surface area contributed by atoms with Gasteiger partial charge in [0.1, 0.15) is 18.1 Å². The summed E-state index contributed by atoms with van der Waals surface area (Å²) in [6, 6.07) is 19.6. The number of hydrogen-bond acceptors (Lipinski definition) is 4. The van der Waals surface area contributed by atoms with Crippen molar-refractivity contribution in [3.63, 3.8) is 0 Å². The maximum Gasteiger partial charge on any atom is 0.202 e. The van der Waals surface area contributed by atoms with Crippen LogP contribution in [0, 0.1) is 0 Å². The van der Waals surface area contributed by atoms with E-state index in [2.05, 4.69) is 17.3 Å². The van der Waals surface area contributed by atoms with Crippen LogP contribution in [0.3, 0.4) is 0 Å². The highest BCUT2D eigenvalue weighted by Crippen LogP contribution is 2.26. The number of ether oxygens (including phenoxy) is 1. The van der Waals surface area contributed by atoms with Gasteiger partial charge in [-0.3, -0.25) is 0 Å². The molecular weight excluding hydrogens is 278 g/mol. The van der Waals surface area contributed by atoms with Gasteiger partial charge in [-0.05, 0) is 23.6 Å². The zero-order valence-electron chi connectivity index (χ0n) is 11.7. The molecule has 0 bridgehead atoms. The molecular formula is C18H13NO3. The van der Waals surface area contributed by atoms with Crippen molar-refractivity contribution in [2.24, 2.45) is 0 Å². The highest BCUT2D eigenvalue weighted by molar-refractivity contribution is 5.88. The molecule has 0 unspecified atom stereocenters. The predicted molar refractivity (Wildman–Crippen MR) is 82.5 cm³/mol. The van der Waals surface area contributed by atoms with E-state index in [4.69, 9.17) is 13.7 Å². The van der Waals surface area contributed by atoms with Gasteiger partial charge in [0.15, 0.2) is 5.76 Å². The highest BCUT2D eigenvalue weighted by Gasteiger charge is 2.10. The van der Waals surface area contributed by atoms with Gasteiger partial charge in [-0.25, -0.2) is 0 Å². The second-order valence-electron chi connectivity index (χ2n) is 4.93. The van der Waals surface area contributed by atoms with E-state index in [-0.39, 0.29) is 0 Å². The molecule has 0 amide bonds. The number of benzene rings is 2. The Balaban J connectivity index is 1.55. The quantitative estimate of drug-likeness (QED) is 0.548. The van der Waals surface area contributed by atoms with E-state index in [1.807, 2.05) is 48.5 Å². The third-order valence-electron chi connectivity index (χ3n) is 3.45. The number of hydrogen-bond donors (Lipinski definition) is 0. The van der Waals surface area contributed by atoms with Gasteiger partial charge >= 0.3 is 0 Å². The minimum Gasteiger partial charge on any atom is -0.487 e. The van der Waals surface area contributed by atoms with E-state index in [0.29, 0.717) is 18.1 Å². The van der Waals surface area contributed by atoms with Gasteiger partial charge in [0.2, 0.25) is 5.76 Å². The average Bonchev–Trinajstić information content (AvgIpc) is 3.24. The summed E-state index contributed by atoms with van der Waals surface area (Å²) < 4.78 is 16.4. The monoisotopic (exact) mass is 291 g/mol. The lowest BCUT2D eigenvalue weighted by atomic mass is 10.1. The number of rotatable bonds is 4. The first-order valence-corrected chi connectivity index (χ1v) is 7.00. The average molecular weight is 291 g/mol. The standard InChI is InChI=1S/C18H13NO3/c1-2-7-15-13(5-1)6-3-8-16(15)21-12-14-11-18(22-19-14)17-9-4-10-20-17/h1-11H,12H2. The molecule has 0 saturated carbocycles. The number of aromatic nitrogens is 1. The number of furan rings is 1. The molecule has 2 heterocycles. The van der Waals surface area contributed by atoms with E-state index in [0.717, 1.165) is 22.2 Å². The van der Waals surface area contributed by atoms with Gasteiger partial charge in [-0.1, -0.05) is 41.6 Å². The summed E-state index contributed by atoms with van der Waals surface area (Å²) in [5.74, 6) is 2.09.